The van der Waals surface area contributed by atoms with Crippen molar-refractivity contribution >= 4 is 19.8 Å². The topological polar surface area (TPSA) is 111 Å². The molecular weight excluding hydrogens is 1110 g/mol. The number of carbonyl (C=O) groups excluding carboxylic acids is 2. The zero-order valence-electron chi connectivity index (χ0n) is 57.1. The first-order valence-corrected chi connectivity index (χ1v) is 37.0. The van der Waals surface area contributed by atoms with Crippen LogP contribution in [0.15, 0.2) is 146 Å². The van der Waals surface area contributed by atoms with Crippen molar-refractivity contribution in [3.63, 3.8) is 0 Å². The second-order valence-corrected chi connectivity index (χ2v) is 25.9. The Bertz CT molecular complexity index is 2000. The van der Waals surface area contributed by atoms with E-state index in [1.165, 1.54) is 135 Å². The lowest BCUT2D eigenvalue weighted by Crippen LogP contribution is -2.37. The van der Waals surface area contributed by atoms with Crippen LogP contribution in [0.2, 0.25) is 0 Å². The molecule has 0 radical (unpaired) electrons. The van der Waals surface area contributed by atoms with Crippen LogP contribution >= 0.6 is 7.82 Å². The average molecular weight is 1240 g/mol. The summed E-state index contributed by atoms with van der Waals surface area (Å²) >= 11 is 0. The second-order valence-electron chi connectivity index (χ2n) is 24.5. The third kappa shape index (κ3) is 71.0. The number of hydrogen-bond acceptors (Lipinski definition) is 8. The maximum Gasteiger partial charge on any atom is 0.306 e. The van der Waals surface area contributed by atoms with Gasteiger partial charge >= 0.3 is 11.9 Å². The summed E-state index contributed by atoms with van der Waals surface area (Å²) in [7, 11) is 1.15. The van der Waals surface area contributed by atoms with Crippen molar-refractivity contribution in [1.29, 1.82) is 0 Å². The lowest BCUT2D eigenvalue weighted by Gasteiger charge is -2.28. The minimum Gasteiger partial charge on any atom is -0.756 e. The van der Waals surface area contributed by atoms with Crippen molar-refractivity contribution < 1.29 is 42.1 Å². The molecule has 0 heterocycles. The van der Waals surface area contributed by atoms with E-state index in [0.717, 1.165) is 116 Å². The molecule has 502 valence electrons. The van der Waals surface area contributed by atoms with E-state index in [9.17, 15) is 19.0 Å². The highest BCUT2D eigenvalue weighted by molar-refractivity contribution is 7.45. The van der Waals surface area contributed by atoms with E-state index in [1.54, 1.807) is 0 Å². The molecule has 2 unspecified atom stereocenters. The predicted molar refractivity (Wildman–Crippen MR) is 378 cm³/mol. The fourth-order valence-corrected chi connectivity index (χ4v) is 10.2. The van der Waals surface area contributed by atoms with E-state index in [0.29, 0.717) is 17.4 Å². The molecule has 0 aliphatic rings. The van der Waals surface area contributed by atoms with Crippen LogP contribution in [0, 0.1) is 0 Å². The van der Waals surface area contributed by atoms with E-state index in [2.05, 4.69) is 160 Å². The highest BCUT2D eigenvalue weighted by atomic mass is 31.2. The molecule has 0 aromatic carbocycles. The average Bonchev–Trinajstić information content (AvgIpc) is 3.58. The van der Waals surface area contributed by atoms with Crippen molar-refractivity contribution in [2.75, 3.05) is 47.5 Å². The number of hydrogen-bond donors (Lipinski definition) is 0. The molecule has 0 bridgehead atoms. The molecule has 0 aromatic heterocycles. The van der Waals surface area contributed by atoms with Gasteiger partial charge in [0.05, 0.1) is 27.7 Å². The first-order chi connectivity index (χ1) is 43.0. The molecular formula is C78H132NO8P. The molecule has 0 rings (SSSR count). The van der Waals surface area contributed by atoms with Gasteiger partial charge in [-0.1, -0.05) is 295 Å². The van der Waals surface area contributed by atoms with E-state index >= 15 is 0 Å². The molecule has 10 heteroatoms. The summed E-state index contributed by atoms with van der Waals surface area (Å²) in [6, 6.07) is 0. The summed E-state index contributed by atoms with van der Waals surface area (Å²) in [5.41, 5.74) is 0. The summed E-state index contributed by atoms with van der Waals surface area (Å²) in [4.78, 5) is 38.1. The lowest BCUT2D eigenvalue weighted by molar-refractivity contribution is -0.870. The van der Waals surface area contributed by atoms with Crippen LogP contribution in [0.25, 0.3) is 0 Å². The number of rotatable bonds is 64. The molecule has 0 aromatic rings. The van der Waals surface area contributed by atoms with E-state index in [4.69, 9.17) is 18.5 Å². The predicted octanol–water partition coefficient (Wildman–Crippen LogP) is 22.7. The van der Waals surface area contributed by atoms with Crippen LogP contribution in [0.1, 0.15) is 284 Å². The van der Waals surface area contributed by atoms with Crippen LogP contribution in [0.4, 0.5) is 0 Å². The van der Waals surface area contributed by atoms with Gasteiger partial charge in [0.1, 0.15) is 19.8 Å². The van der Waals surface area contributed by atoms with Crippen LogP contribution in [0.3, 0.4) is 0 Å². The number of nitrogens with zero attached hydrogens (tertiary/aromatic N) is 1. The first kappa shape index (κ1) is 83.9. The Morgan fingerprint density at radius 2 is 0.648 bits per heavy atom. The maximum atomic E-state index is 12.9. The third-order valence-corrected chi connectivity index (χ3v) is 15.8. The first-order valence-electron chi connectivity index (χ1n) is 35.5. The number of allylic oxidation sites excluding steroid dienone is 24. The molecule has 88 heavy (non-hydrogen) atoms. The second kappa shape index (κ2) is 67.3. The minimum atomic E-state index is -4.65. The normalized spacial score (nSPS) is 14.0. The van der Waals surface area contributed by atoms with Gasteiger partial charge in [0.2, 0.25) is 0 Å². The van der Waals surface area contributed by atoms with Gasteiger partial charge in [0, 0.05) is 12.8 Å². The number of esters is 2. The fraction of sp³-hybridized carbons (Fsp3) is 0.667. The smallest absolute Gasteiger partial charge is 0.306 e. The van der Waals surface area contributed by atoms with Crippen LogP contribution in [-0.4, -0.2) is 70.0 Å². The minimum absolute atomic E-state index is 0.0379. The van der Waals surface area contributed by atoms with Gasteiger partial charge in [0.15, 0.2) is 6.10 Å². The van der Waals surface area contributed by atoms with Crippen molar-refractivity contribution in [3.8, 4) is 0 Å². The Morgan fingerprint density at radius 3 is 0.966 bits per heavy atom. The van der Waals surface area contributed by atoms with E-state index in [-0.39, 0.29) is 32.0 Å². The Hall–Kier alpha value is -4.11. The van der Waals surface area contributed by atoms with Crippen molar-refractivity contribution in [1.82, 2.24) is 0 Å². The standard InChI is InChI=1S/C78H132NO8P/c1-6-8-10-12-14-16-18-20-22-24-26-28-30-31-32-33-34-35-36-37-38-39-40-41-42-43-44-45-46-47-49-51-53-55-57-59-61-63-65-67-69-71-78(81)87-76(75-86-88(82,83)85-73-72-79(3,4)5)74-84-77(80)70-68-66-64-62-60-58-56-54-52-50-48-29-27-25-23-21-19-17-15-13-11-9-7-2/h8,10,14,16,19-22,25-28,31-32,34-35,37-38,40-41,43-44,46-47,76H,6-7,9,11-13,15,17-18,23-24,29-30,33,36,39,42,45,48-75H2,1-5H3/b10-8-,16-14-,21-19-,22-20-,27-25-,28-26-,32-31-,35-34-,38-37-,41-40-,44-43-,47-46-. The molecule has 0 saturated carbocycles. The molecule has 9 nitrogen and oxygen atoms in total. The largest absolute Gasteiger partial charge is 0.756 e. The summed E-state index contributed by atoms with van der Waals surface area (Å²) in [6.45, 7) is 4.11. The highest BCUT2D eigenvalue weighted by Gasteiger charge is 2.22. The zero-order valence-corrected chi connectivity index (χ0v) is 58.0. The van der Waals surface area contributed by atoms with Gasteiger partial charge in [-0.3, -0.25) is 14.2 Å². The number of carbonyl (C=O) groups is 2. The lowest BCUT2D eigenvalue weighted by atomic mass is 10.0. The van der Waals surface area contributed by atoms with Crippen LogP contribution in [-0.2, 0) is 32.7 Å². The van der Waals surface area contributed by atoms with Gasteiger partial charge in [-0.15, -0.1) is 0 Å². The number of phosphoric acid groups is 1. The molecule has 0 aliphatic heterocycles. The SMILES string of the molecule is CC/C=C\C/C=C\C/C=C\C/C=C\C/C=C\C/C=C\C/C=C\C/C=C\C/C=C\C/C=C\CCCCCCCCCCCCC(=O)OC(COC(=O)CCCCCCCCCCCCC/C=C\C/C=C\CCCCCCC)COP(=O)([O-])OCC[N+](C)(C)C. The summed E-state index contributed by atoms with van der Waals surface area (Å²) in [6.07, 6.45) is 99.2. The monoisotopic (exact) mass is 1240 g/mol. The Morgan fingerprint density at radius 1 is 0.364 bits per heavy atom. The van der Waals surface area contributed by atoms with Gasteiger partial charge < -0.3 is 27.9 Å². The molecule has 0 N–H and O–H groups in total. The number of likely N-dealkylation sites (N-methyl/N-ethyl adjacent to an activating group) is 1. The van der Waals surface area contributed by atoms with Gasteiger partial charge in [-0.25, -0.2) is 0 Å². The summed E-state index contributed by atoms with van der Waals surface area (Å²) in [5.74, 6) is -0.842. The van der Waals surface area contributed by atoms with Gasteiger partial charge in [0.25, 0.3) is 7.82 Å². The molecule has 0 spiro atoms. The van der Waals surface area contributed by atoms with Crippen molar-refractivity contribution in [3.05, 3.63) is 146 Å². The molecule has 0 saturated heterocycles. The van der Waals surface area contributed by atoms with E-state index in [1.807, 2.05) is 21.1 Å². The highest BCUT2D eigenvalue weighted by Crippen LogP contribution is 2.38. The van der Waals surface area contributed by atoms with Gasteiger partial charge in [-0.05, 0) is 122 Å². The maximum absolute atomic E-state index is 12.9. The third-order valence-electron chi connectivity index (χ3n) is 14.8. The van der Waals surface area contributed by atoms with E-state index < -0.39 is 26.5 Å². The Labute approximate surface area is 542 Å². The molecule has 0 fully saturated rings. The number of ether oxygens (including phenoxy) is 2. The van der Waals surface area contributed by atoms with Gasteiger partial charge in [-0.2, -0.15) is 0 Å². The van der Waals surface area contributed by atoms with Crippen molar-refractivity contribution in [2.24, 2.45) is 0 Å². The van der Waals surface area contributed by atoms with Crippen molar-refractivity contribution in [2.45, 2.75) is 290 Å². The number of phosphoric ester groups is 1. The number of quaternary nitrogens is 1. The zero-order chi connectivity index (χ0) is 64.1. The molecule has 2 atom stereocenters. The van der Waals surface area contributed by atoms with Crippen LogP contribution < -0.4 is 4.89 Å². The fourth-order valence-electron chi connectivity index (χ4n) is 9.42. The Balaban J connectivity index is 4.09. The van der Waals surface area contributed by atoms with Crippen LogP contribution in [0.5, 0.6) is 0 Å². The summed E-state index contributed by atoms with van der Waals surface area (Å²) < 4.78 is 34.3. The number of unbranched alkanes of at least 4 members (excludes halogenated alkanes) is 26. The quantitative estimate of drug-likeness (QED) is 0.0195. The summed E-state index contributed by atoms with van der Waals surface area (Å²) in [5, 5.41) is 0. The molecule has 0 aliphatic carbocycles. The molecule has 0 amide bonds. The Kier molecular flexibility index (Phi) is 64.1.